The van der Waals surface area contributed by atoms with Crippen molar-refractivity contribution >= 4 is 11.5 Å². The van der Waals surface area contributed by atoms with Crippen LogP contribution in [0.3, 0.4) is 0 Å². The Kier molecular flexibility index (Phi) is 3.98. The minimum atomic E-state index is 0.0884. The summed E-state index contributed by atoms with van der Waals surface area (Å²) in [6.45, 7) is 1.96. The van der Waals surface area contributed by atoms with Crippen LogP contribution in [0, 0.1) is 5.92 Å². The van der Waals surface area contributed by atoms with Gasteiger partial charge in [0.25, 0.3) is 0 Å². The van der Waals surface area contributed by atoms with Crippen molar-refractivity contribution in [2.24, 2.45) is 5.92 Å². The number of hydrogen-bond donors (Lipinski definition) is 0. The third-order valence-corrected chi connectivity index (χ3v) is 3.32. The van der Waals surface area contributed by atoms with Gasteiger partial charge in [0.2, 0.25) is 0 Å². The normalized spacial score (nSPS) is 22.0. The average molecular weight is 241 g/mol. The predicted octanol–water partition coefficient (Wildman–Crippen LogP) is 3.56. The van der Waals surface area contributed by atoms with Crippen LogP contribution >= 0.6 is 0 Å². The maximum atomic E-state index is 12.1. The van der Waals surface area contributed by atoms with Gasteiger partial charge < -0.3 is 4.90 Å². The van der Waals surface area contributed by atoms with Crippen LogP contribution in [-0.2, 0) is 4.79 Å². The molecule has 1 aliphatic carbocycles. The quantitative estimate of drug-likeness (QED) is 0.595. The molecule has 0 N–H and O–H groups in total. The molecule has 0 aromatic heterocycles. The van der Waals surface area contributed by atoms with Crippen molar-refractivity contribution in [3.63, 3.8) is 0 Å². The Morgan fingerprint density at radius 1 is 1.28 bits per heavy atom. The van der Waals surface area contributed by atoms with Gasteiger partial charge in [0.1, 0.15) is 0 Å². The first-order valence-electron chi connectivity index (χ1n) is 6.38. The molecule has 0 amide bonds. The van der Waals surface area contributed by atoms with Crippen LogP contribution in [0.4, 0.5) is 5.69 Å². The summed E-state index contributed by atoms with van der Waals surface area (Å²) in [6, 6.07) is 10.1. The van der Waals surface area contributed by atoms with Gasteiger partial charge in [0, 0.05) is 30.4 Å². The van der Waals surface area contributed by atoms with Crippen LogP contribution in [0.2, 0.25) is 0 Å². The lowest BCUT2D eigenvalue weighted by Crippen LogP contribution is -2.12. The van der Waals surface area contributed by atoms with Crippen LogP contribution in [0.15, 0.2) is 54.3 Å². The third kappa shape index (κ3) is 2.70. The zero-order chi connectivity index (χ0) is 13.0. The molecule has 18 heavy (non-hydrogen) atoms. The number of anilines is 1. The molecular weight excluding hydrogens is 222 g/mol. The van der Waals surface area contributed by atoms with Gasteiger partial charge in [-0.3, -0.25) is 4.79 Å². The van der Waals surface area contributed by atoms with Gasteiger partial charge >= 0.3 is 0 Å². The Morgan fingerprint density at radius 2 is 2.00 bits per heavy atom. The SMILES string of the molecule is CC=CC1CC/C(=C\N(C)c2ccccc2)C1=O. The molecule has 1 fully saturated rings. The van der Waals surface area contributed by atoms with Gasteiger partial charge in [-0.25, -0.2) is 0 Å². The van der Waals surface area contributed by atoms with E-state index in [1.165, 1.54) is 0 Å². The fourth-order valence-corrected chi connectivity index (χ4v) is 2.32. The minimum Gasteiger partial charge on any atom is -0.351 e. The number of rotatable bonds is 3. The number of para-hydroxylation sites is 1. The highest BCUT2D eigenvalue weighted by Crippen LogP contribution is 2.28. The molecule has 94 valence electrons. The van der Waals surface area contributed by atoms with E-state index in [1.54, 1.807) is 0 Å². The first-order valence-corrected chi connectivity index (χ1v) is 6.38. The smallest absolute Gasteiger partial charge is 0.167 e. The summed E-state index contributed by atoms with van der Waals surface area (Å²) < 4.78 is 0. The number of carbonyl (C=O) groups is 1. The molecule has 1 aliphatic rings. The van der Waals surface area contributed by atoms with Crippen LogP contribution in [-0.4, -0.2) is 12.8 Å². The van der Waals surface area contributed by atoms with E-state index in [-0.39, 0.29) is 11.7 Å². The van der Waals surface area contributed by atoms with Gasteiger partial charge in [0.05, 0.1) is 0 Å². The van der Waals surface area contributed by atoms with E-state index < -0.39 is 0 Å². The molecule has 0 bridgehead atoms. The number of allylic oxidation sites excluding steroid dienone is 3. The maximum absolute atomic E-state index is 12.1. The van der Waals surface area contributed by atoms with E-state index in [1.807, 2.05) is 67.6 Å². The summed E-state index contributed by atoms with van der Waals surface area (Å²) in [6.07, 6.45) is 7.77. The second kappa shape index (κ2) is 5.67. The number of hydrogen-bond acceptors (Lipinski definition) is 2. The molecule has 1 aromatic carbocycles. The highest BCUT2D eigenvalue weighted by molar-refractivity contribution is 6.00. The molecular formula is C16H19NO. The minimum absolute atomic E-state index is 0.0884. The first-order chi connectivity index (χ1) is 8.72. The number of ketones is 1. The Labute approximate surface area is 109 Å². The van der Waals surface area contributed by atoms with Crippen LogP contribution in [0.25, 0.3) is 0 Å². The van der Waals surface area contributed by atoms with Gasteiger partial charge in [-0.2, -0.15) is 0 Å². The van der Waals surface area contributed by atoms with E-state index >= 15 is 0 Å². The van der Waals surface area contributed by atoms with Crippen molar-refractivity contribution in [2.45, 2.75) is 19.8 Å². The van der Waals surface area contributed by atoms with Crippen molar-refractivity contribution in [1.82, 2.24) is 0 Å². The lowest BCUT2D eigenvalue weighted by atomic mass is 10.1. The fourth-order valence-electron chi connectivity index (χ4n) is 2.32. The second-order valence-electron chi connectivity index (χ2n) is 4.64. The Morgan fingerprint density at radius 3 is 2.67 bits per heavy atom. The number of carbonyl (C=O) groups excluding carboxylic acids is 1. The number of nitrogens with zero attached hydrogens (tertiary/aromatic N) is 1. The molecule has 2 nitrogen and oxygen atoms in total. The van der Waals surface area contributed by atoms with Gasteiger partial charge in [0.15, 0.2) is 5.78 Å². The Bertz CT molecular complexity index is 473. The molecule has 2 heteroatoms. The van der Waals surface area contributed by atoms with E-state index in [9.17, 15) is 4.79 Å². The van der Waals surface area contributed by atoms with Gasteiger partial charge in [-0.05, 0) is 31.9 Å². The van der Waals surface area contributed by atoms with E-state index in [0.717, 1.165) is 24.1 Å². The highest BCUT2D eigenvalue weighted by atomic mass is 16.1. The largest absolute Gasteiger partial charge is 0.351 e. The molecule has 2 rings (SSSR count). The van der Waals surface area contributed by atoms with Crippen molar-refractivity contribution in [2.75, 3.05) is 11.9 Å². The van der Waals surface area contributed by atoms with Crippen molar-refractivity contribution in [3.05, 3.63) is 54.3 Å². The number of benzene rings is 1. The third-order valence-electron chi connectivity index (χ3n) is 3.32. The Balaban J connectivity index is 2.13. The standard InChI is InChI=1S/C16H19NO/c1-3-7-13-10-11-14(16(13)18)12-17(2)15-8-5-4-6-9-15/h3-9,12-13H,10-11H2,1-2H3/b7-3?,14-12+. The van der Waals surface area contributed by atoms with Gasteiger partial charge in [-0.1, -0.05) is 30.4 Å². The van der Waals surface area contributed by atoms with Crippen molar-refractivity contribution < 1.29 is 4.79 Å². The summed E-state index contributed by atoms with van der Waals surface area (Å²) in [7, 11) is 1.98. The molecule has 0 radical (unpaired) electrons. The van der Waals surface area contributed by atoms with Gasteiger partial charge in [-0.15, -0.1) is 0 Å². The topological polar surface area (TPSA) is 20.3 Å². The predicted molar refractivity (Wildman–Crippen MR) is 75.5 cm³/mol. The second-order valence-corrected chi connectivity index (χ2v) is 4.64. The highest BCUT2D eigenvalue weighted by Gasteiger charge is 2.27. The summed E-state index contributed by atoms with van der Waals surface area (Å²) in [5.41, 5.74) is 2.04. The maximum Gasteiger partial charge on any atom is 0.167 e. The van der Waals surface area contributed by atoms with Crippen LogP contribution < -0.4 is 4.90 Å². The molecule has 0 saturated heterocycles. The first kappa shape index (κ1) is 12.6. The monoisotopic (exact) mass is 241 g/mol. The summed E-state index contributed by atoms with van der Waals surface area (Å²) in [5, 5.41) is 0. The Hall–Kier alpha value is -1.83. The molecule has 0 aliphatic heterocycles. The van der Waals surface area contributed by atoms with E-state index in [0.29, 0.717) is 0 Å². The molecule has 1 atom stereocenters. The lowest BCUT2D eigenvalue weighted by Gasteiger charge is -2.15. The molecule has 1 aromatic rings. The van der Waals surface area contributed by atoms with Crippen LogP contribution in [0.5, 0.6) is 0 Å². The molecule has 0 heterocycles. The van der Waals surface area contributed by atoms with E-state index in [4.69, 9.17) is 0 Å². The average Bonchev–Trinajstić information content (AvgIpc) is 2.73. The summed E-state index contributed by atoms with van der Waals surface area (Å²) in [5.74, 6) is 0.362. The summed E-state index contributed by atoms with van der Waals surface area (Å²) in [4.78, 5) is 14.1. The molecule has 0 spiro atoms. The lowest BCUT2D eigenvalue weighted by molar-refractivity contribution is -0.116. The van der Waals surface area contributed by atoms with Crippen molar-refractivity contribution in [3.8, 4) is 0 Å². The molecule has 1 unspecified atom stereocenters. The van der Waals surface area contributed by atoms with Crippen molar-refractivity contribution in [1.29, 1.82) is 0 Å². The zero-order valence-corrected chi connectivity index (χ0v) is 11.0. The zero-order valence-electron chi connectivity index (χ0n) is 11.0. The van der Waals surface area contributed by atoms with E-state index in [2.05, 4.69) is 0 Å². The van der Waals surface area contributed by atoms with Crippen LogP contribution in [0.1, 0.15) is 19.8 Å². The fraction of sp³-hybridized carbons (Fsp3) is 0.312. The summed E-state index contributed by atoms with van der Waals surface area (Å²) >= 11 is 0. The molecule has 1 saturated carbocycles. The number of Topliss-reactive ketones (excluding diaryl/α,β-unsaturated/α-hetero) is 1.